The molecule has 6 heteroatoms. The van der Waals surface area contributed by atoms with E-state index in [9.17, 15) is 0 Å². The van der Waals surface area contributed by atoms with Crippen LogP contribution in [0.5, 0.6) is 0 Å². The molecule has 0 atom stereocenters. The van der Waals surface area contributed by atoms with Gasteiger partial charge in [-0.1, -0.05) is 71.6 Å². The van der Waals surface area contributed by atoms with Gasteiger partial charge in [0.1, 0.15) is 11.2 Å². The number of nitrogens with zero attached hydrogens (tertiary/aromatic N) is 2. The Morgan fingerprint density at radius 2 is 1.43 bits per heavy atom. The van der Waals surface area contributed by atoms with Gasteiger partial charge in [-0.25, -0.2) is 0 Å². The Balaban J connectivity index is 0.000000188. The second-order valence-corrected chi connectivity index (χ2v) is 10.6. The van der Waals surface area contributed by atoms with E-state index in [1.54, 1.807) is 17.5 Å². The van der Waals surface area contributed by atoms with E-state index in [-0.39, 0.29) is 20.1 Å². The predicted molar refractivity (Wildman–Crippen MR) is 167 cm³/mol. The van der Waals surface area contributed by atoms with Crippen LogP contribution < -0.4 is 0 Å². The molecule has 9 aromatic rings. The van der Waals surface area contributed by atoms with E-state index in [4.69, 9.17) is 13.8 Å². The number of aromatic nitrogens is 2. The number of pyridine rings is 1. The van der Waals surface area contributed by atoms with Crippen molar-refractivity contribution in [2.24, 2.45) is 0 Å². The van der Waals surface area contributed by atoms with Gasteiger partial charge in [0.2, 0.25) is 5.71 Å². The summed E-state index contributed by atoms with van der Waals surface area (Å²) in [5.41, 5.74) is 6.15. The van der Waals surface area contributed by atoms with Crippen LogP contribution in [0.2, 0.25) is 0 Å². The van der Waals surface area contributed by atoms with Crippen molar-refractivity contribution in [3.05, 3.63) is 134 Å². The Morgan fingerprint density at radius 3 is 2.29 bits per heavy atom. The Bertz CT molecular complexity index is 2280. The molecule has 203 valence electrons. The summed E-state index contributed by atoms with van der Waals surface area (Å²) in [5.74, 6) is 0. The van der Waals surface area contributed by atoms with Gasteiger partial charge >= 0.3 is 0 Å². The summed E-state index contributed by atoms with van der Waals surface area (Å²) < 4.78 is 13.4. The molecule has 0 bridgehead atoms. The van der Waals surface area contributed by atoms with E-state index in [0.717, 1.165) is 64.8 Å². The minimum atomic E-state index is 0. The predicted octanol–water partition coefficient (Wildman–Crippen LogP) is 10.1. The van der Waals surface area contributed by atoms with Crippen molar-refractivity contribution in [1.29, 1.82) is 0 Å². The summed E-state index contributed by atoms with van der Waals surface area (Å²) in [6.45, 7) is 0. The zero-order valence-electron chi connectivity index (χ0n) is 22.0. The molecule has 0 aliphatic rings. The molecule has 0 unspecified atom stereocenters. The van der Waals surface area contributed by atoms with Gasteiger partial charge in [-0.2, -0.15) is 11.3 Å². The third-order valence-electron chi connectivity index (χ3n) is 7.12. The molecule has 0 amide bonds. The van der Waals surface area contributed by atoms with Crippen LogP contribution in [0.3, 0.4) is 0 Å². The second-order valence-electron chi connectivity index (χ2n) is 9.60. The molecule has 4 heterocycles. The van der Waals surface area contributed by atoms with Gasteiger partial charge in [-0.3, -0.25) is 4.98 Å². The van der Waals surface area contributed by atoms with Crippen molar-refractivity contribution < 1.29 is 28.9 Å². The Hall–Kier alpha value is -4.61. The molecule has 0 N–H and O–H groups in total. The molecule has 0 aliphatic carbocycles. The van der Waals surface area contributed by atoms with Gasteiger partial charge in [-0.15, -0.1) is 54.1 Å². The van der Waals surface area contributed by atoms with Crippen LogP contribution in [-0.4, -0.2) is 9.97 Å². The molecule has 4 nitrogen and oxygen atoms in total. The fourth-order valence-corrected chi connectivity index (χ4v) is 6.23. The summed E-state index contributed by atoms with van der Waals surface area (Å²) in [6, 6.07) is 44.8. The average molecular weight is 737 g/mol. The summed E-state index contributed by atoms with van der Waals surface area (Å²) in [4.78, 5) is 8.98. The van der Waals surface area contributed by atoms with Crippen LogP contribution >= 0.6 is 11.3 Å². The molecule has 0 aliphatic heterocycles. The number of hydrogen-bond donors (Lipinski definition) is 0. The Kier molecular flexibility index (Phi) is 6.88. The molecule has 5 aromatic carbocycles. The third kappa shape index (κ3) is 4.50. The molecule has 0 saturated heterocycles. The number of para-hydroxylation sites is 1. The van der Waals surface area contributed by atoms with Gasteiger partial charge in [-0.05, 0) is 29.3 Å². The van der Waals surface area contributed by atoms with E-state index in [1.165, 1.54) is 5.39 Å². The van der Waals surface area contributed by atoms with E-state index in [2.05, 4.69) is 53.5 Å². The maximum atomic E-state index is 6.42. The van der Waals surface area contributed by atoms with Crippen LogP contribution in [0.4, 0.5) is 0 Å². The molecule has 0 fully saturated rings. The number of rotatable bonds is 2. The molecule has 1 radical (unpaired) electrons. The smallest absolute Gasteiger partial charge is 0.228 e. The van der Waals surface area contributed by atoms with Gasteiger partial charge in [0.15, 0.2) is 0 Å². The second kappa shape index (κ2) is 11.0. The minimum Gasteiger partial charge on any atom is -0.500 e. The van der Waals surface area contributed by atoms with Crippen LogP contribution in [0, 0.1) is 12.1 Å². The van der Waals surface area contributed by atoms with Crippen molar-refractivity contribution in [3.8, 4) is 21.8 Å². The van der Waals surface area contributed by atoms with Gasteiger partial charge < -0.3 is 13.8 Å². The number of furan rings is 2. The van der Waals surface area contributed by atoms with Gasteiger partial charge in [0.05, 0.1) is 10.3 Å². The van der Waals surface area contributed by atoms with Crippen molar-refractivity contribution >= 4 is 65.4 Å². The van der Waals surface area contributed by atoms with Crippen molar-refractivity contribution in [2.75, 3.05) is 0 Å². The largest absolute Gasteiger partial charge is 0.500 e. The van der Waals surface area contributed by atoms with Crippen LogP contribution in [0.1, 0.15) is 0 Å². The average Bonchev–Trinajstić information content (AvgIpc) is 3.73. The molecule has 4 aromatic heterocycles. The van der Waals surface area contributed by atoms with E-state index < -0.39 is 0 Å². The number of benzene rings is 5. The summed E-state index contributed by atoms with van der Waals surface area (Å²) in [7, 11) is 0. The van der Waals surface area contributed by atoms with Gasteiger partial charge in [0, 0.05) is 47.5 Å². The molecule has 0 spiro atoms. The number of thiazole rings is 1. The first-order valence-electron chi connectivity index (χ1n) is 13.2. The number of fused-ring (bicyclic) bond motifs is 8. The number of hydrogen-bond acceptors (Lipinski definition) is 5. The summed E-state index contributed by atoms with van der Waals surface area (Å²) in [6.07, 6.45) is 1.79. The zero-order chi connectivity index (χ0) is 27.2. The van der Waals surface area contributed by atoms with Crippen LogP contribution in [-0.2, 0) is 20.1 Å². The first kappa shape index (κ1) is 26.3. The quantitative estimate of drug-likeness (QED) is 0.166. The van der Waals surface area contributed by atoms with E-state index in [0.29, 0.717) is 5.71 Å². The third-order valence-corrected chi connectivity index (χ3v) is 8.21. The van der Waals surface area contributed by atoms with Crippen molar-refractivity contribution in [1.82, 2.24) is 9.97 Å². The summed E-state index contributed by atoms with van der Waals surface area (Å²) >= 11 is 1.62. The monoisotopic (exact) mass is 737 g/mol. The maximum absolute atomic E-state index is 6.42. The van der Waals surface area contributed by atoms with E-state index >= 15 is 0 Å². The molecular formula is C36H20IrN2O2S-2. The fourth-order valence-electron chi connectivity index (χ4n) is 5.20. The standard InChI is InChI=1S/C25H12NO2S.C11H8N.Ir/c1-2-7-15-14(6-1)12-13-17-16-9-5-10-19(22(16)28-21(15)17)25-26-24-23(29-25)18-8-3-4-11-20(18)27-24;1-2-6-10(7-3-1)11-8-4-5-9-12-11;/h1-9,11-13H;1-6,8-9H;/q2*-1;. The summed E-state index contributed by atoms with van der Waals surface area (Å²) in [5, 5.41) is 6.43. The maximum Gasteiger partial charge on any atom is 0.228 e. The molecular weight excluding hydrogens is 717 g/mol. The normalized spacial score (nSPS) is 11.1. The zero-order valence-corrected chi connectivity index (χ0v) is 25.2. The Labute approximate surface area is 258 Å². The SMILES string of the molecule is [Ir].[c-]1ccc2c(oc3c4ccccc4ccc23)c1-c1nc2oc3ccccc3c2s1.[c-]1ccccc1-c1ccccn1. The first-order valence-corrected chi connectivity index (χ1v) is 14.1. The first-order chi connectivity index (χ1) is 20.3. The van der Waals surface area contributed by atoms with Crippen molar-refractivity contribution in [2.45, 2.75) is 0 Å². The van der Waals surface area contributed by atoms with Crippen LogP contribution in [0.15, 0.2) is 130 Å². The van der Waals surface area contributed by atoms with Crippen molar-refractivity contribution in [3.63, 3.8) is 0 Å². The molecule has 42 heavy (non-hydrogen) atoms. The topological polar surface area (TPSA) is 52.1 Å². The minimum absolute atomic E-state index is 0. The Morgan fingerprint density at radius 1 is 0.619 bits per heavy atom. The molecule has 9 rings (SSSR count). The van der Waals surface area contributed by atoms with Gasteiger partial charge in [0.25, 0.3) is 0 Å². The fraction of sp³-hybridized carbons (Fsp3) is 0. The van der Waals surface area contributed by atoms with Crippen LogP contribution in [0.25, 0.3) is 75.9 Å². The van der Waals surface area contributed by atoms with E-state index in [1.807, 2.05) is 78.9 Å². The molecule has 0 saturated carbocycles.